The molecule has 3 amide bonds. The normalized spacial score (nSPS) is 16.3. The van der Waals surface area contributed by atoms with E-state index in [0.717, 1.165) is 10.2 Å². The zero-order valence-electron chi connectivity index (χ0n) is 14.7. The molecule has 2 aromatic carbocycles. The lowest BCUT2D eigenvalue weighted by Crippen LogP contribution is -2.38. The summed E-state index contributed by atoms with van der Waals surface area (Å²) in [5.41, 5.74) is 1.35. The molecule has 0 aromatic heterocycles. The van der Waals surface area contributed by atoms with Gasteiger partial charge in [-0.25, -0.2) is 0 Å². The summed E-state index contributed by atoms with van der Waals surface area (Å²) >= 11 is 3.44. The molecule has 1 aliphatic heterocycles. The zero-order valence-corrected chi connectivity index (χ0v) is 16.2. The Morgan fingerprint density at radius 1 is 1.00 bits per heavy atom. The minimum Gasteiger partial charge on any atom is -0.354 e. The van der Waals surface area contributed by atoms with E-state index in [4.69, 9.17) is 0 Å². The molecule has 0 radical (unpaired) electrons. The Bertz CT molecular complexity index is 841. The molecule has 1 atom stereocenters. The average molecular weight is 430 g/mol. The molecule has 0 spiro atoms. The number of benzene rings is 2. The zero-order chi connectivity index (χ0) is 19.2. The Morgan fingerprint density at radius 2 is 1.67 bits per heavy atom. The van der Waals surface area contributed by atoms with Crippen molar-refractivity contribution in [1.29, 1.82) is 0 Å². The van der Waals surface area contributed by atoms with Crippen LogP contribution in [0.15, 0.2) is 59.1 Å². The van der Waals surface area contributed by atoms with E-state index in [1.807, 2.05) is 30.3 Å². The molecule has 27 heavy (non-hydrogen) atoms. The van der Waals surface area contributed by atoms with Gasteiger partial charge in [-0.1, -0.05) is 30.3 Å². The second kappa shape index (κ2) is 8.81. The third-order valence-electron chi connectivity index (χ3n) is 4.38. The summed E-state index contributed by atoms with van der Waals surface area (Å²) in [6.45, 7) is 0.995. The molecule has 140 valence electrons. The van der Waals surface area contributed by atoms with Crippen molar-refractivity contribution in [2.24, 2.45) is 5.92 Å². The highest BCUT2D eigenvalue weighted by molar-refractivity contribution is 9.10. The van der Waals surface area contributed by atoms with E-state index < -0.39 is 5.92 Å². The number of hydrogen-bond donors (Lipinski definition) is 2. The van der Waals surface area contributed by atoms with E-state index in [-0.39, 0.29) is 24.1 Å². The molecule has 3 rings (SSSR count). The lowest BCUT2D eigenvalue weighted by atomic mass is 10.1. The molecule has 6 nitrogen and oxygen atoms in total. The molecular formula is C20H20BrN3O3. The van der Waals surface area contributed by atoms with Crippen LogP contribution in [-0.2, 0) is 9.59 Å². The fraction of sp³-hybridized carbons (Fsp3) is 0.250. The Kier molecular flexibility index (Phi) is 6.24. The van der Waals surface area contributed by atoms with Crippen LogP contribution in [0.3, 0.4) is 0 Å². The van der Waals surface area contributed by atoms with E-state index >= 15 is 0 Å². The smallest absolute Gasteiger partial charge is 0.251 e. The van der Waals surface area contributed by atoms with Crippen LogP contribution in [0.5, 0.6) is 0 Å². The number of carbonyl (C=O) groups is 3. The van der Waals surface area contributed by atoms with Crippen LogP contribution in [0.4, 0.5) is 5.69 Å². The van der Waals surface area contributed by atoms with Crippen LogP contribution in [0.2, 0.25) is 0 Å². The van der Waals surface area contributed by atoms with Gasteiger partial charge in [0.2, 0.25) is 11.8 Å². The first-order valence-corrected chi connectivity index (χ1v) is 9.51. The Hall–Kier alpha value is -2.67. The van der Waals surface area contributed by atoms with Gasteiger partial charge in [-0.2, -0.15) is 0 Å². The van der Waals surface area contributed by atoms with Crippen molar-refractivity contribution < 1.29 is 14.4 Å². The molecule has 0 bridgehead atoms. The van der Waals surface area contributed by atoms with Gasteiger partial charge in [0.15, 0.2) is 0 Å². The number of nitrogens with one attached hydrogen (secondary N) is 2. The quantitative estimate of drug-likeness (QED) is 0.691. The van der Waals surface area contributed by atoms with Crippen LogP contribution < -0.4 is 15.5 Å². The van der Waals surface area contributed by atoms with E-state index in [1.54, 1.807) is 29.2 Å². The van der Waals surface area contributed by atoms with Crippen molar-refractivity contribution in [3.05, 3.63) is 64.6 Å². The summed E-state index contributed by atoms with van der Waals surface area (Å²) in [7, 11) is 0. The van der Waals surface area contributed by atoms with Gasteiger partial charge in [-0.3, -0.25) is 14.4 Å². The number of hydrogen-bond acceptors (Lipinski definition) is 3. The van der Waals surface area contributed by atoms with Gasteiger partial charge in [-0.15, -0.1) is 0 Å². The summed E-state index contributed by atoms with van der Waals surface area (Å²) in [5, 5.41) is 5.55. The van der Waals surface area contributed by atoms with Gasteiger partial charge in [0.05, 0.1) is 11.6 Å². The third-order valence-corrected chi connectivity index (χ3v) is 5.06. The van der Waals surface area contributed by atoms with E-state index in [2.05, 4.69) is 26.6 Å². The van der Waals surface area contributed by atoms with Gasteiger partial charge in [0.25, 0.3) is 5.91 Å². The molecule has 1 aliphatic rings. The minimum absolute atomic E-state index is 0.0700. The van der Waals surface area contributed by atoms with Gasteiger partial charge < -0.3 is 15.5 Å². The first-order valence-electron chi connectivity index (χ1n) is 8.72. The molecule has 1 fully saturated rings. The molecular weight excluding hydrogens is 410 g/mol. The van der Waals surface area contributed by atoms with Gasteiger partial charge >= 0.3 is 0 Å². The van der Waals surface area contributed by atoms with Crippen LogP contribution in [0, 0.1) is 5.92 Å². The third kappa shape index (κ3) is 4.74. The number of anilines is 1. The largest absolute Gasteiger partial charge is 0.354 e. The van der Waals surface area contributed by atoms with Crippen LogP contribution >= 0.6 is 15.9 Å². The Balaban J connectivity index is 1.46. The Morgan fingerprint density at radius 3 is 2.41 bits per heavy atom. The van der Waals surface area contributed by atoms with Crippen LogP contribution in [0.1, 0.15) is 16.8 Å². The van der Waals surface area contributed by atoms with Crippen molar-refractivity contribution in [1.82, 2.24) is 10.6 Å². The van der Waals surface area contributed by atoms with Crippen LogP contribution in [0.25, 0.3) is 0 Å². The first kappa shape index (κ1) is 19.1. The average Bonchev–Trinajstić information content (AvgIpc) is 3.07. The second-order valence-corrected chi connectivity index (χ2v) is 7.12. The lowest BCUT2D eigenvalue weighted by Gasteiger charge is -2.18. The molecule has 2 N–H and O–H groups in total. The van der Waals surface area contributed by atoms with E-state index in [1.165, 1.54) is 0 Å². The molecule has 2 aromatic rings. The SMILES string of the molecule is O=C(NCCNC(=O)C1CC(=O)N(c2ccccc2Br)C1)c1ccccc1. The minimum atomic E-state index is -0.394. The fourth-order valence-corrected chi connectivity index (χ4v) is 3.48. The van der Waals surface area contributed by atoms with Crippen molar-refractivity contribution >= 4 is 39.3 Å². The molecule has 1 heterocycles. The van der Waals surface area contributed by atoms with Gasteiger partial charge in [-0.05, 0) is 40.2 Å². The molecule has 0 aliphatic carbocycles. The highest BCUT2D eigenvalue weighted by Crippen LogP contribution is 2.31. The standard InChI is InChI=1S/C20H20BrN3O3/c21-16-8-4-5-9-17(16)24-13-15(12-18(24)25)20(27)23-11-10-22-19(26)14-6-2-1-3-7-14/h1-9,15H,10-13H2,(H,22,26)(H,23,27). The van der Waals surface area contributed by atoms with Gasteiger partial charge in [0, 0.05) is 36.1 Å². The predicted octanol–water partition coefficient (Wildman–Crippen LogP) is 2.35. The van der Waals surface area contributed by atoms with E-state index in [9.17, 15) is 14.4 Å². The monoisotopic (exact) mass is 429 g/mol. The Labute approximate surface area is 166 Å². The number of halogens is 1. The maximum Gasteiger partial charge on any atom is 0.251 e. The van der Waals surface area contributed by atoms with Crippen molar-refractivity contribution in [2.75, 3.05) is 24.5 Å². The summed E-state index contributed by atoms with van der Waals surface area (Å²) in [5.74, 6) is -0.818. The predicted molar refractivity (Wildman–Crippen MR) is 106 cm³/mol. The molecule has 1 unspecified atom stereocenters. The summed E-state index contributed by atoms with van der Waals surface area (Å²) in [6, 6.07) is 16.3. The summed E-state index contributed by atoms with van der Waals surface area (Å²) in [4.78, 5) is 38.2. The first-order chi connectivity index (χ1) is 13.1. The van der Waals surface area contributed by atoms with Gasteiger partial charge in [0.1, 0.15) is 0 Å². The second-order valence-electron chi connectivity index (χ2n) is 6.27. The van der Waals surface area contributed by atoms with Crippen molar-refractivity contribution in [2.45, 2.75) is 6.42 Å². The topological polar surface area (TPSA) is 78.5 Å². The van der Waals surface area contributed by atoms with Crippen LogP contribution in [-0.4, -0.2) is 37.4 Å². The van der Waals surface area contributed by atoms with Crippen molar-refractivity contribution in [3.63, 3.8) is 0 Å². The number of carbonyl (C=O) groups excluding carboxylic acids is 3. The maximum atomic E-state index is 12.4. The number of amides is 3. The highest BCUT2D eigenvalue weighted by atomic mass is 79.9. The highest BCUT2D eigenvalue weighted by Gasteiger charge is 2.35. The molecule has 1 saturated heterocycles. The molecule has 0 saturated carbocycles. The number of rotatable bonds is 6. The number of para-hydroxylation sites is 1. The molecule has 7 heteroatoms. The maximum absolute atomic E-state index is 12.4. The lowest BCUT2D eigenvalue weighted by molar-refractivity contribution is -0.126. The van der Waals surface area contributed by atoms with Crippen molar-refractivity contribution in [3.8, 4) is 0 Å². The summed E-state index contributed by atoms with van der Waals surface area (Å²) in [6.07, 6.45) is 0.184. The fourth-order valence-electron chi connectivity index (χ4n) is 2.98. The number of nitrogens with zero attached hydrogens (tertiary/aromatic N) is 1. The van der Waals surface area contributed by atoms with E-state index in [0.29, 0.717) is 25.2 Å². The summed E-state index contributed by atoms with van der Waals surface area (Å²) < 4.78 is 0.822.